The molecule has 0 aromatic rings. The maximum Gasteiger partial charge on any atom is 0.168 e. The van der Waals surface area contributed by atoms with Crippen molar-refractivity contribution in [2.45, 2.75) is 44.5 Å². The van der Waals surface area contributed by atoms with Crippen molar-refractivity contribution in [2.75, 3.05) is 6.61 Å². The first-order valence-corrected chi connectivity index (χ1v) is 4.93. The lowest BCUT2D eigenvalue weighted by Crippen LogP contribution is -2.40. The first kappa shape index (κ1) is 8.98. The predicted molar refractivity (Wildman–Crippen MR) is 46.8 cm³/mol. The molecule has 72 valence electrons. The lowest BCUT2D eigenvalue weighted by atomic mass is 9.79. The molecule has 3 heteroatoms. The van der Waals surface area contributed by atoms with E-state index in [1.807, 2.05) is 6.92 Å². The summed E-state index contributed by atoms with van der Waals surface area (Å²) in [6, 6.07) is 2.12. The van der Waals surface area contributed by atoms with Gasteiger partial charge in [0.15, 0.2) is 5.79 Å². The Hall–Kier alpha value is -0.590. The molecule has 0 aromatic carbocycles. The molecule has 0 bridgehead atoms. The van der Waals surface area contributed by atoms with E-state index in [4.69, 9.17) is 14.7 Å². The molecule has 0 radical (unpaired) electrons. The molecule has 3 nitrogen and oxygen atoms in total. The quantitative estimate of drug-likeness (QED) is 0.652. The number of ether oxygens (including phenoxy) is 2. The van der Waals surface area contributed by atoms with E-state index in [1.54, 1.807) is 0 Å². The Morgan fingerprint density at radius 2 is 2.31 bits per heavy atom. The smallest absolute Gasteiger partial charge is 0.168 e. The van der Waals surface area contributed by atoms with E-state index in [-0.39, 0.29) is 11.9 Å². The van der Waals surface area contributed by atoms with Gasteiger partial charge in [-0.1, -0.05) is 6.42 Å². The summed E-state index contributed by atoms with van der Waals surface area (Å²) in [6.45, 7) is 2.59. The number of nitriles is 1. The summed E-state index contributed by atoms with van der Waals surface area (Å²) in [6.07, 6.45) is 4.14. The van der Waals surface area contributed by atoms with Crippen LogP contribution in [0.3, 0.4) is 0 Å². The molecule has 0 amide bonds. The summed E-state index contributed by atoms with van der Waals surface area (Å²) < 4.78 is 11.4. The Labute approximate surface area is 78.6 Å². The van der Waals surface area contributed by atoms with Crippen molar-refractivity contribution in [1.29, 1.82) is 5.26 Å². The minimum Gasteiger partial charge on any atom is -0.347 e. The zero-order chi connectivity index (χ0) is 9.31. The van der Waals surface area contributed by atoms with Gasteiger partial charge in [-0.15, -0.1) is 0 Å². The monoisotopic (exact) mass is 181 g/mol. The highest BCUT2D eigenvalue weighted by Crippen LogP contribution is 2.42. The molecule has 0 aromatic heterocycles. The van der Waals surface area contributed by atoms with Crippen molar-refractivity contribution in [3.8, 4) is 6.07 Å². The summed E-state index contributed by atoms with van der Waals surface area (Å²) >= 11 is 0. The summed E-state index contributed by atoms with van der Waals surface area (Å²) in [5.41, 5.74) is 0. The van der Waals surface area contributed by atoms with Crippen LogP contribution in [0.4, 0.5) is 0 Å². The Bertz CT molecular complexity index is 232. The summed E-state index contributed by atoms with van der Waals surface area (Å²) in [5, 5.41) is 8.52. The topological polar surface area (TPSA) is 42.2 Å². The highest BCUT2D eigenvalue weighted by Gasteiger charge is 2.45. The van der Waals surface area contributed by atoms with Gasteiger partial charge in [-0.3, -0.25) is 0 Å². The molecule has 0 N–H and O–H groups in total. The van der Waals surface area contributed by atoms with Crippen LogP contribution in [0.25, 0.3) is 0 Å². The molecule has 1 heterocycles. The van der Waals surface area contributed by atoms with Crippen molar-refractivity contribution >= 4 is 0 Å². The van der Waals surface area contributed by atoms with Gasteiger partial charge in [0.1, 0.15) is 0 Å². The van der Waals surface area contributed by atoms with E-state index in [1.165, 1.54) is 19.3 Å². The van der Waals surface area contributed by atoms with Crippen LogP contribution in [0.15, 0.2) is 0 Å². The number of hydrogen-bond donors (Lipinski definition) is 0. The highest BCUT2D eigenvalue weighted by atomic mass is 16.7. The molecular weight excluding hydrogens is 166 g/mol. The van der Waals surface area contributed by atoms with Gasteiger partial charge in [0.25, 0.3) is 0 Å². The normalized spacial score (nSPS) is 39.8. The molecular formula is C10H15NO2. The van der Waals surface area contributed by atoms with Crippen LogP contribution in [0, 0.1) is 17.2 Å². The van der Waals surface area contributed by atoms with Crippen LogP contribution in [-0.4, -0.2) is 18.5 Å². The second-order valence-electron chi connectivity index (χ2n) is 4.06. The second-order valence-corrected chi connectivity index (χ2v) is 4.06. The Morgan fingerprint density at radius 3 is 2.85 bits per heavy atom. The Morgan fingerprint density at radius 1 is 1.54 bits per heavy atom. The van der Waals surface area contributed by atoms with Crippen LogP contribution in [0.2, 0.25) is 0 Å². The molecule has 1 aliphatic heterocycles. The van der Waals surface area contributed by atoms with E-state index < -0.39 is 0 Å². The molecule has 0 spiro atoms. The van der Waals surface area contributed by atoms with E-state index in [2.05, 4.69) is 6.07 Å². The zero-order valence-corrected chi connectivity index (χ0v) is 7.95. The first-order valence-electron chi connectivity index (χ1n) is 4.93. The standard InChI is InChI=1S/C10H15NO2/c1-10(8-3-2-4-8)12-7-9(13-10)5-6-11/h8-9H,2-5,7H2,1H3. The van der Waals surface area contributed by atoms with Crippen LogP contribution in [0.5, 0.6) is 0 Å². The molecule has 2 atom stereocenters. The summed E-state index contributed by atoms with van der Waals surface area (Å²) in [7, 11) is 0. The minimum absolute atomic E-state index is 0.00407. The molecule has 13 heavy (non-hydrogen) atoms. The molecule has 2 rings (SSSR count). The maximum absolute atomic E-state index is 8.52. The number of nitrogens with zero attached hydrogens (tertiary/aromatic N) is 1. The van der Waals surface area contributed by atoms with Crippen LogP contribution in [-0.2, 0) is 9.47 Å². The van der Waals surface area contributed by atoms with Gasteiger partial charge >= 0.3 is 0 Å². The minimum atomic E-state index is -0.389. The van der Waals surface area contributed by atoms with Gasteiger partial charge in [-0.2, -0.15) is 5.26 Å². The molecule has 1 saturated carbocycles. The van der Waals surface area contributed by atoms with E-state index in [9.17, 15) is 0 Å². The molecule has 1 aliphatic carbocycles. The van der Waals surface area contributed by atoms with Crippen molar-refractivity contribution < 1.29 is 9.47 Å². The summed E-state index contributed by atoms with van der Waals surface area (Å²) in [5.74, 6) is 0.163. The van der Waals surface area contributed by atoms with Gasteiger partial charge < -0.3 is 9.47 Å². The van der Waals surface area contributed by atoms with Crippen LogP contribution < -0.4 is 0 Å². The molecule has 2 aliphatic rings. The molecule has 2 unspecified atom stereocenters. The van der Waals surface area contributed by atoms with Crippen LogP contribution >= 0.6 is 0 Å². The van der Waals surface area contributed by atoms with E-state index in [0.717, 1.165) is 0 Å². The van der Waals surface area contributed by atoms with Crippen molar-refractivity contribution in [3.63, 3.8) is 0 Å². The highest BCUT2D eigenvalue weighted by molar-refractivity contribution is 4.89. The van der Waals surface area contributed by atoms with Gasteiger partial charge in [0.2, 0.25) is 0 Å². The fourth-order valence-electron chi connectivity index (χ4n) is 2.01. The lowest BCUT2D eigenvalue weighted by molar-refractivity contribution is -0.207. The van der Waals surface area contributed by atoms with Gasteiger partial charge in [-0.05, 0) is 19.8 Å². The lowest BCUT2D eigenvalue weighted by Gasteiger charge is -2.38. The van der Waals surface area contributed by atoms with Crippen molar-refractivity contribution in [3.05, 3.63) is 0 Å². The molecule has 2 fully saturated rings. The van der Waals surface area contributed by atoms with Crippen molar-refractivity contribution in [1.82, 2.24) is 0 Å². The fraction of sp³-hybridized carbons (Fsp3) is 0.900. The zero-order valence-electron chi connectivity index (χ0n) is 7.95. The van der Waals surface area contributed by atoms with E-state index in [0.29, 0.717) is 18.9 Å². The fourth-order valence-corrected chi connectivity index (χ4v) is 2.01. The van der Waals surface area contributed by atoms with Gasteiger partial charge in [-0.25, -0.2) is 0 Å². The van der Waals surface area contributed by atoms with Crippen LogP contribution in [0.1, 0.15) is 32.6 Å². The predicted octanol–water partition coefficient (Wildman–Crippen LogP) is 1.83. The SMILES string of the molecule is CC1(C2CCC2)OCC(CC#N)O1. The van der Waals surface area contributed by atoms with Gasteiger partial charge in [0.05, 0.1) is 25.2 Å². The second kappa shape index (κ2) is 3.28. The average molecular weight is 181 g/mol. The third kappa shape index (κ3) is 1.56. The average Bonchev–Trinajstić information content (AvgIpc) is 2.29. The van der Waals surface area contributed by atoms with Crippen molar-refractivity contribution in [2.24, 2.45) is 5.92 Å². The Kier molecular flexibility index (Phi) is 2.27. The molecule has 1 saturated heterocycles. The third-order valence-corrected chi connectivity index (χ3v) is 3.12. The maximum atomic E-state index is 8.52. The summed E-state index contributed by atoms with van der Waals surface area (Å²) in [4.78, 5) is 0. The number of rotatable bonds is 2. The first-order chi connectivity index (χ1) is 6.24. The van der Waals surface area contributed by atoms with Gasteiger partial charge in [0, 0.05) is 5.92 Å². The number of hydrogen-bond acceptors (Lipinski definition) is 3. The Balaban J connectivity index is 1.91. The third-order valence-electron chi connectivity index (χ3n) is 3.12. The largest absolute Gasteiger partial charge is 0.347 e. The van der Waals surface area contributed by atoms with E-state index >= 15 is 0 Å².